The highest BCUT2D eigenvalue weighted by Crippen LogP contribution is 2.37. The number of amides is 1. The van der Waals surface area contributed by atoms with Crippen molar-refractivity contribution in [3.8, 4) is 0 Å². The van der Waals surface area contributed by atoms with Crippen molar-refractivity contribution in [2.75, 3.05) is 13.1 Å². The van der Waals surface area contributed by atoms with Gasteiger partial charge in [0.2, 0.25) is 0 Å². The van der Waals surface area contributed by atoms with Gasteiger partial charge < -0.3 is 10.0 Å². The van der Waals surface area contributed by atoms with Crippen LogP contribution in [0, 0.1) is 25.7 Å². The van der Waals surface area contributed by atoms with Crippen LogP contribution in [0.3, 0.4) is 0 Å². The van der Waals surface area contributed by atoms with Crippen LogP contribution in [0.5, 0.6) is 0 Å². The molecule has 2 aromatic carbocycles. The second-order valence-corrected chi connectivity index (χ2v) is 10.2. The highest BCUT2D eigenvalue weighted by molar-refractivity contribution is 6.41. The quantitative estimate of drug-likeness (QED) is 0.403. The van der Waals surface area contributed by atoms with E-state index in [0.29, 0.717) is 5.56 Å². The lowest BCUT2D eigenvalue weighted by Gasteiger charge is -2.35. The number of aliphatic carboxylic acids is 1. The molecule has 3 aromatic rings. The van der Waals surface area contributed by atoms with E-state index in [0.717, 1.165) is 12.1 Å². The van der Waals surface area contributed by atoms with E-state index in [4.69, 9.17) is 23.2 Å². The van der Waals surface area contributed by atoms with Gasteiger partial charge in [0.05, 0.1) is 38.2 Å². The Labute approximate surface area is 220 Å². The number of halogens is 5. The molecule has 1 aliphatic heterocycles. The first-order chi connectivity index (χ1) is 17.2. The summed E-state index contributed by atoms with van der Waals surface area (Å²) >= 11 is 12.9. The molecule has 1 saturated heterocycles. The van der Waals surface area contributed by atoms with Gasteiger partial charge >= 0.3 is 12.1 Å². The third kappa shape index (κ3) is 4.82. The number of likely N-dealkylation sites (tertiary alicyclic amines) is 1. The Hall–Kier alpha value is -3.04. The van der Waals surface area contributed by atoms with Gasteiger partial charge in [-0.2, -0.15) is 13.2 Å². The second-order valence-electron chi connectivity index (χ2n) is 9.42. The summed E-state index contributed by atoms with van der Waals surface area (Å²) in [6.07, 6.45) is -2.85. The number of alkyl halides is 3. The van der Waals surface area contributed by atoms with Crippen molar-refractivity contribution in [1.29, 1.82) is 0 Å². The number of carboxylic acid groups (broad SMARTS) is 1. The Bertz CT molecular complexity index is 1450. The van der Waals surface area contributed by atoms with Crippen LogP contribution in [0.25, 0.3) is 10.9 Å². The zero-order valence-corrected chi connectivity index (χ0v) is 21.6. The number of nitrogens with zero attached hydrogens (tertiary/aromatic N) is 2. The molecule has 6 nitrogen and oxygen atoms in total. The summed E-state index contributed by atoms with van der Waals surface area (Å²) in [6.45, 7) is 5.25. The molecule has 0 unspecified atom stereocenters. The number of carbonyl (C=O) groups excluding carboxylic acids is 2. The third-order valence-corrected chi connectivity index (χ3v) is 7.59. The minimum Gasteiger partial charge on any atom is -0.481 e. The van der Waals surface area contributed by atoms with E-state index in [1.807, 2.05) is 0 Å². The van der Waals surface area contributed by atoms with E-state index < -0.39 is 35.4 Å². The fourth-order valence-electron chi connectivity index (χ4n) is 4.95. The molecule has 2 atom stereocenters. The molecule has 0 saturated carbocycles. The van der Waals surface area contributed by atoms with E-state index in [9.17, 15) is 32.7 Å². The van der Waals surface area contributed by atoms with Crippen molar-refractivity contribution >= 4 is 51.9 Å². The molecule has 0 aliphatic carbocycles. The number of benzene rings is 2. The average Bonchev–Trinajstić information content (AvgIpc) is 3.15. The minimum absolute atomic E-state index is 0.0198. The van der Waals surface area contributed by atoms with Gasteiger partial charge in [0, 0.05) is 24.7 Å². The van der Waals surface area contributed by atoms with Crippen molar-refractivity contribution in [2.24, 2.45) is 11.8 Å². The number of fused-ring (bicyclic) bond motifs is 1. The molecule has 1 aliphatic rings. The molecule has 4 rings (SSSR count). The number of rotatable bonds is 3. The Kier molecular flexibility index (Phi) is 7.07. The fraction of sp³-hybridized carbons (Fsp3) is 0.346. The van der Waals surface area contributed by atoms with Crippen molar-refractivity contribution < 1.29 is 32.7 Å². The minimum atomic E-state index is -4.55. The largest absolute Gasteiger partial charge is 0.481 e. The van der Waals surface area contributed by atoms with E-state index in [-0.39, 0.29) is 63.1 Å². The molecule has 1 fully saturated rings. The van der Waals surface area contributed by atoms with Crippen molar-refractivity contribution in [1.82, 2.24) is 9.47 Å². The number of carboxylic acids is 1. The van der Waals surface area contributed by atoms with Gasteiger partial charge in [-0.05, 0) is 61.6 Å². The number of hydrogen-bond donors (Lipinski definition) is 1. The topological polar surface area (TPSA) is 79.6 Å². The van der Waals surface area contributed by atoms with Gasteiger partial charge in [-0.3, -0.25) is 19.0 Å². The zero-order chi connectivity index (χ0) is 27.4. The normalized spacial score (nSPS) is 18.3. The number of aryl methyl sites for hydroxylation is 2. The van der Waals surface area contributed by atoms with Crippen LogP contribution in [-0.4, -0.2) is 45.4 Å². The molecule has 37 heavy (non-hydrogen) atoms. The van der Waals surface area contributed by atoms with Crippen LogP contribution < -0.4 is 0 Å². The summed E-state index contributed by atoms with van der Waals surface area (Å²) in [5.74, 6) is -2.91. The molecule has 0 spiro atoms. The van der Waals surface area contributed by atoms with E-state index in [2.05, 4.69) is 0 Å². The van der Waals surface area contributed by atoms with Crippen LogP contribution in [0.1, 0.15) is 50.8 Å². The van der Waals surface area contributed by atoms with Crippen LogP contribution in [0.4, 0.5) is 13.2 Å². The molecule has 2 heterocycles. The Balaban J connectivity index is 1.75. The number of aromatic nitrogens is 1. The summed E-state index contributed by atoms with van der Waals surface area (Å²) in [5.41, 5.74) is 0.0196. The Morgan fingerprint density at radius 1 is 1.05 bits per heavy atom. The smallest absolute Gasteiger partial charge is 0.416 e. The van der Waals surface area contributed by atoms with Gasteiger partial charge in [0.25, 0.3) is 11.8 Å². The van der Waals surface area contributed by atoms with Crippen LogP contribution >= 0.6 is 23.2 Å². The lowest BCUT2D eigenvalue weighted by atomic mass is 9.87. The van der Waals surface area contributed by atoms with Gasteiger partial charge in [0.1, 0.15) is 0 Å². The van der Waals surface area contributed by atoms with Crippen LogP contribution in [0.2, 0.25) is 10.0 Å². The maximum absolute atomic E-state index is 13.7. The molecule has 196 valence electrons. The molecule has 11 heteroatoms. The van der Waals surface area contributed by atoms with Crippen molar-refractivity contribution in [3.05, 3.63) is 68.3 Å². The average molecular weight is 555 g/mol. The van der Waals surface area contributed by atoms with Crippen molar-refractivity contribution in [3.63, 3.8) is 0 Å². The van der Waals surface area contributed by atoms with Crippen LogP contribution in [0.15, 0.2) is 30.5 Å². The Morgan fingerprint density at radius 2 is 1.73 bits per heavy atom. The number of hydrogen-bond acceptors (Lipinski definition) is 3. The van der Waals surface area contributed by atoms with Gasteiger partial charge in [-0.1, -0.05) is 30.1 Å². The van der Waals surface area contributed by atoms with Crippen molar-refractivity contribution in [2.45, 2.75) is 33.4 Å². The highest BCUT2D eigenvalue weighted by atomic mass is 35.5. The monoisotopic (exact) mass is 554 g/mol. The summed E-state index contributed by atoms with van der Waals surface area (Å²) in [6, 6.07) is 4.73. The van der Waals surface area contributed by atoms with Gasteiger partial charge in [-0.25, -0.2) is 0 Å². The summed E-state index contributed by atoms with van der Waals surface area (Å²) in [7, 11) is 0. The van der Waals surface area contributed by atoms with Gasteiger partial charge in [-0.15, -0.1) is 0 Å². The lowest BCUT2D eigenvalue weighted by molar-refractivity contribution is -0.145. The van der Waals surface area contributed by atoms with E-state index in [1.54, 1.807) is 13.8 Å². The summed E-state index contributed by atoms with van der Waals surface area (Å²) < 4.78 is 41.2. The third-order valence-electron chi connectivity index (χ3n) is 6.88. The highest BCUT2D eigenvalue weighted by Gasteiger charge is 2.35. The summed E-state index contributed by atoms with van der Waals surface area (Å²) in [4.78, 5) is 39.8. The molecule has 1 amide bonds. The molecule has 1 aromatic heterocycles. The fourth-order valence-corrected chi connectivity index (χ4v) is 5.57. The Morgan fingerprint density at radius 3 is 2.32 bits per heavy atom. The second kappa shape index (κ2) is 9.68. The molecular weight excluding hydrogens is 532 g/mol. The number of piperidine rings is 1. The molecular formula is C26H23Cl2F3N2O4. The van der Waals surface area contributed by atoms with E-state index in [1.165, 1.54) is 34.7 Å². The number of carbonyl (C=O) groups is 3. The first-order valence-electron chi connectivity index (χ1n) is 11.5. The molecule has 0 radical (unpaired) electrons. The predicted molar refractivity (Wildman–Crippen MR) is 133 cm³/mol. The standard InChI is InChI=1S/C26H23Cl2F3N2O4/c1-12-8-15(26(29,30)31)9-18-14(3)11-33(22(12)18)24(35)20-19(27)5-4-17(21(20)28)23(34)32-7-6-16(25(36)37)13(2)10-32/h4-5,8-9,11,13,16H,6-7,10H2,1-3H3,(H,36,37)/t13-,16+/m1/s1. The maximum atomic E-state index is 13.7. The SMILES string of the molecule is Cc1cn(C(=O)c2c(Cl)ccc(C(=O)N3CC[C@H](C(=O)O)[C@H](C)C3)c2Cl)c2c(C)cc(C(F)(F)F)cc12. The maximum Gasteiger partial charge on any atom is 0.416 e. The summed E-state index contributed by atoms with van der Waals surface area (Å²) in [5, 5.41) is 9.41. The molecule has 1 N–H and O–H groups in total. The first-order valence-corrected chi connectivity index (χ1v) is 12.2. The van der Waals surface area contributed by atoms with Gasteiger partial charge in [0.15, 0.2) is 0 Å². The lowest BCUT2D eigenvalue weighted by Crippen LogP contribution is -2.45. The predicted octanol–water partition coefficient (Wildman–Crippen LogP) is 6.46. The van der Waals surface area contributed by atoms with E-state index >= 15 is 0 Å². The molecule has 0 bridgehead atoms. The van der Waals surface area contributed by atoms with Crippen LogP contribution in [-0.2, 0) is 11.0 Å². The first kappa shape index (κ1) is 27.0. The zero-order valence-electron chi connectivity index (χ0n) is 20.1.